The lowest BCUT2D eigenvalue weighted by atomic mass is 10.1. The second-order valence-corrected chi connectivity index (χ2v) is 8.87. The van der Waals surface area contributed by atoms with Crippen molar-refractivity contribution < 1.29 is 4.79 Å². The summed E-state index contributed by atoms with van der Waals surface area (Å²) in [6.45, 7) is 4.74. The molecule has 0 unspecified atom stereocenters. The number of carbonyl (C=O) groups excluding carboxylic acids is 1. The number of anilines is 3. The number of nitriles is 1. The van der Waals surface area contributed by atoms with Gasteiger partial charge >= 0.3 is 0 Å². The molecule has 0 atom stereocenters. The van der Waals surface area contributed by atoms with Crippen LogP contribution in [-0.2, 0) is 4.79 Å². The number of rotatable bonds is 4. The second kappa shape index (κ2) is 7.58. The SMILES string of the molecule is CC(=O)N1CCN(c2ccc(Nc3cc4c(C5CC5)c(C#N)sc4cn3)nc2)CC1. The number of piperazine rings is 1. The van der Waals surface area contributed by atoms with Crippen molar-refractivity contribution in [2.75, 3.05) is 36.4 Å². The van der Waals surface area contributed by atoms with Gasteiger partial charge in [-0.05, 0) is 42.5 Å². The van der Waals surface area contributed by atoms with Crippen LogP contribution in [0, 0.1) is 11.3 Å². The molecule has 2 aliphatic rings. The van der Waals surface area contributed by atoms with E-state index in [4.69, 9.17) is 0 Å². The van der Waals surface area contributed by atoms with Crippen molar-refractivity contribution in [3.8, 4) is 6.07 Å². The van der Waals surface area contributed by atoms with E-state index < -0.39 is 0 Å². The number of carbonyl (C=O) groups is 1. The number of hydrogen-bond donors (Lipinski definition) is 1. The minimum atomic E-state index is 0.133. The first kappa shape index (κ1) is 18.8. The number of nitrogens with zero attached hydrogens (tertiary/aromatic N) is 5. The number of fused-ring (bicyclic) bond motifs is 1. The highest BCUT2D eigenvalue weighted by molar-refractivity contribution is 7.19. The van der Waals surface area contributed by atoms with E-state index in [1.807, 2.05) is 35.5 Å². The Morgan fingerprint density at radius 2 is 1.93 bits per heavy atom. The molecule has 1 N–H and O–H groups in total. The van der Waals surface area contributed by atoms with E-state index in [1.165, 1.54) is 16.9 Å². The number of thiophene rings is 1. The molecule has 1 aliphatic carbocycles. The summed E-state index contributed by atoms with van der Waals surface area (Å²) in [4.78, 5) is 25.5. The van der Waals surface area contributed by atoms with Crippen LogP contribution in [-0.4, -0.2) is 47.0 Å². The molecule has 1 amide bonds. The Labute approximate surface area is 179 Å². The lowest BCUT2D eigenvalue weighted by Crippen LogP contribution is -2.48. The minimum absolute atomic E-state index is 0.133. The van der Waals surface area contributed by atoms with Crippen molar-refractivity contribution in [1.29, 1.82) is 5.26 Å². The number of hydrogen-bond acceptors (Lipinski definition) is 7. The summed E-state index contributed by atoms with van der Waals surface area (Å²) < 4.78 is 1.06. The van der Waals surface area contributed by atoms with Gasteiger partial charge in [0.05, 0.1) is 16.6 Å². The van der Waals surface area contributed by atoms with E-state index in [-0.39, 0.29) is 5.91 Å². The van der Waals surface area contributed by atoms with E-state index in [2.05, 4.69) is 26.3 Å². The average molecular weight is 419 g/mol. The predicted molar refractivity (Wildman–Crippen MR) is 118 cm³/mol. The van der Waals surface area contributed by atoms with Gasteiger partial charge in [0.25, 0.3) is 0 Å². The number of aromatic nitrogens is 2. The maximum atomic E-state index is 11.5. The van der Waals surface area contributed by atoms with Crippen LogP contribution < -0.4 is 10.2 Å². The zero-order valence-corrected chi connectivity index (χ0v) is 17.6. The molecule has 3 aromatic rings. The van der Waals surface area contributed by atoms with Gasteiger partial charge in [-0.2, -0.15) is 5.26 Å². The minimum Gasteiger partial charge on any atom is -0.367 e. The Kier molecular flexibility index (Phi) is 4.75. The maximum Gasteiger partial charge on any atom is 0.219 e. The van der Waals surface area contributed by atoms with E-state index in [0.717, 1.165) is 71.3 Å². The van der Waals surface area contributed by atoms with Crippen molar-refractivity contribution in [2.24, 2.45) is 0 Å². The molecule has 1 saturated carbocycles. The molecule has 7 nitrogen and oxygen atoms in total. The molecule has 1 saturated heterocycles. The second-order valence-electron chi connectivity index (χ2n) is 7.82. The van der Waals surface area contributed by atoms with Crippen molar-refractivity contribution in [3.05, 3.63) is 41.0 Å². The molecule has 30 heavy (non-hydrogen) atoms. The van der Waals surface area contributed by atoms with Gasteiger partial charge in [-0.1, -0.05) is 0 Å². The fourth-order valence-corrected chi connectivity index (χ4v) is 5.04. The summed E-state index contributed by atoms with van der Waals surface area (Å²) in [6, 6.07) is 8.39. The molecule has 5 rings (SSSR count). The Morgan fingerprint density at radius 3 is 2.57 bits per heavy atom. The van der Waals surface area contributed by atoms with Gasteiger partial charge in [0, 0.05) is 44.7 Å². The molecule has 0 spiro atoms. The van der Waals surface area contributed by atoms with Crippen LogP contribution in [0.5, 0.6) is 0 Å². The monoisotopic (exact) mass is 418 g/mol. The molecular weight excluding hydrogens is 396 g/mol. The topological polar surface area (TPSA) is 85.2 Å². The van der Waals surface area contributed by atoms with Gasteiger partial charge in [0.15, 0.2) is 0 Å². The predicted octanol–water partition coefficient (Wildman–Crippen LogP) is 3.85. The Hall–Kier alpha value is -3.18. The highest BCUT2D eigenvalue weighted by Crippen LogP contribution is 2.48. The normalized spacial score (nSPS) is 16.5. The molecule has 2 fully saturated rings. The smallest absolute Gasteiger partial charge is 0.219 e. The van der Waals surface area contributed by atoms with Gasteiger partial charge < -0.3 is 15.1 Å². The molecular formula is C22H22N6OS. The molecule has 4 heterocycles. The Morgan fingerprint density at radius 1 is 1.17 bits per heavy atom. The molecule has 0 bridgehead atoms. The van der Waals surface area contributed by atoms with Crippen molar-refractivity contribution in [3.63, 3.8) is 0 Å². The van der Waals surface area contributed by atoms with Gasteiger partial charge in [-0.25, -0.2) is 9.97 Å². The first-order valence-corrected chi connectivity index (χ1v) is 11.0. The maximum absolute atomic E-state index is 11.5. The summed E-state index contributed by atoms with van der Waals surface area (Å²) >= 11 is 1.53. The van der Waals surface area contributed by atoms with Gasteiger partial charge in [-0.3, -0.25) is 4.79 Å². The fourth-order valence-electron chi connectivity index (χ4n) is 4.01. The van der Waals surface area contributed by atoms with Crippen LogP contribution in [0.2, 0.25) is 0 Å². The third-order valence-corrected chi connectivity index (χ3v) is 6.86. The van der Waals surface area contributed by atoms with E-state index >= 15 is 0 Å². The summed E-state index contributed by atoms with van der Waals surface area (Å²) in [5, 5.41) is 13.9. The van der Waals surface area contributed by atoms with E-state index in [1.54, 1.807) is 6.92 Å². The summed E-state index contributed by atoms with van der Waals surface area (Å²) in [5.41, 5.74) is 2.25. The standard InChI is InChI=1S/C22H22N6OS/c1-14(29)27-6-8-28(9-7-27)16-4-5-20(24-12-16)26-21-10-17-19(13-25-21)30-18(11-23)22(17)15-2-3-15/h4-5,10,12-13,15H,2-3,6-9H2,1H3,(H,24,25,26). The van der Waals surface area contributed by atoms with Crippen molar-refractivity contribution in [2.45, 2.75) is 25.7 Å². The molecule has 0 aromatic carbocycles. The lowest BCUT2D eigenvalue weighted by Gasteiger charge is -2.35. The van der Waals surface area contributed by atoms with Gasteiger partial charge in [0.1, 0.15) is 22.6 Å². The Bertz CT molecular complexity index is 1140. The fraction of sp³-hybridized carbons (Fsp3) is 0.364. The zero-order chi connectivity index (χ0) is 20.7. The van der Waals surface area contributed by atoms with Gasteiger partial charge in [-0.15, -0.1) is 11.3 Å². The van der Waals surface area contributed by atoms with Crippen LogP contribution >= 0.6 is 11.3 Å². The number of nitrogens with one attached hydrogen (secondary N) is 1. The first-order valence-electron chi connectivity index (χ1n) is 10.2. The van der Waals surface area contributed by atoms with Crippen LogP contribution in [0.25, 0.3) is 10.1 Å². The van der Waals surface area contributed by atoms with Crippen LogP contribution in [0.3, 0.4) is 0 Å². The quantitative estimate of drug-likeness (QED) is 0.693. The number of pyridine rings is 2. The molecule has 1 aliphatic heterocycles. The summed E-state index contributed by atoms with van der Waals surface area (Å²) in [5.74, 6) is 2.12. The van der Waals surface area contributed by atoms with Crippen LogP contribution in [0.1, 0.15) is 36.1 Å². The average Bonchev–Trinajstić information content (AvgIpc) is 3.54. The highest BCUT2D eigenvalue weighted by atomic mass is 32.1. The molecule has 0 radical (unpaired) electrons. The van der Waals surface area contributed by atoms with Crippen molar-refractivity contribution >= 4 is 44.7 Å². The summed E-state index contributed by atoms with van der Waals surface area (Å²) in [6.07, 6.45) is 6.03. The van der Waals surface area contributed by atoms with Gasteiger partial charge in [0.2, 0.25) is 5.91 Å². The van der Waals surface area contributed by atoms with Crippen LogP contribution in [0.4, 0.5) is 17.3 Å². The highest BCUT2D eigenvalue weighted by Gasteiger charge is 2.30. The number of amides is 1. The zero-order valence-electron chi connectivity index (χ0n) is 16.8. The lowest BCUT2D eigenvalue weighted by molar-refractivity contribution is -0.129. The van der Waals surface area contributed by atoms with E-state index in [0.29, 0.717) is 5.92 Å². The molecule has 3 aromatic heterocycles. The summed E-state index contributed by atoms with van der Waals surface area (Å²) in [7, 11) is 0. The van der Waals surface area contributed by atoms with Crippen molar-refractivity contribution in [1.82, 2.24) is 14.9 Å². The molecule has 152 valence electrons. The Balaban J connectivity index is 1.31. The third-order valence-electron chi connectivity index (χ3n) is 5.80. The first-order chi connectivity index (χ1) is 14.6. The third kappa shape index (κ3) is 3.57. The van der Waals surface area contributed by atoms with E-state index in [9.17, 15) is 10.1 Å². The van der Waals surface area contributed by atoms with Crippen LogP contribution in [0.15, 0.2) is 30.6 Å². The largest absolute Gasteiger partial charge is 0.367 e. The molecule has 8 heteroatoms.